The van der Waals surface area contributed by atoms with Crippen molar-refractivity contribution in [3.63, 3.8) is 0 Å². The molecular weight excluding hydrogens is 239 g/mol. The van der Waals surface area contributed by atoms with Crippen molar-refractivity contribution >= 4 is 0 Å². The summed E-state index contributed by atoms with van der Waals surface area (Å²) >= 11 is 0. The van der Waals surface area contributed by atoms with Gasteiger partial charge in [-0.15, -0.1) is 0 Å². The zero-order valence-electron chi connectivity index (χ0n) is 11.5. The summed E-state index contributed by atoms with van der Waals surface area (Å²) in [7, 11) is 0. The molecule has 0 aliphatic carbocycles. The first-order valence-electron chi connectivity index (χ1n) is 6.99. The van der Waals surface area contributed by atoms with Crippen LogP contribution in [0.3, 0.4) is 0 Å². The van der Waals surface area contributed by atoms with Crippen molar-refractivity contribution in [2.45, 2.75) is 71.1 Å². The van der Waals surface area contributed by atoms with Gasteiger partial charge < -0.3 is 5.32 Å². The monoisotopic (exact) mass is 263 g/mol. The van der Waals surface area contributed by atoms with Gasteiger partial charge in [0.05, 0.1) is 0 Å². The first-order chi connectivity index (χ1) is 8.17. The Morgan fingerprint density at radius 2 is 1.78 bits per heavy atom. The van der Waals surface area contributed by atoms with Crippen LogP contribution in [0.1, 0.15) is 52.9 Å². The van der Waals surface area contributed by atoms with Gasteiger partial charge in [0.2, 0.25) is 0 Å². The van der Waals surface area contributed by atoms with Crippen LogP contribution in [0.25, 0.3) is 0 Å². The molecule has 4 heteroatoms. The number of piperidine rings is 1. The number of fused-ring (bicyclic) bond motifs is 2. The normalized spacial score (nSPS) is 37.0. The SMILES string of the molecule is CC(C)(C)C1CC2CCC(N2)C1CCC(F)(F)F. The van der Waals surface area contributed by atoms with Crippen LogP contribution < -0.4 is 5.32 Å². The number of nitrogens with one attached hydrogen (secondary N) is 1. The van der Waals surface area contributed by atoms with Crippen LogP contribution in [-0.2, 0) is 0 Å². The Morgan fingerprint density at radius 3 is 2.33 bits per heavy atom. The summed E-state index contributed by atoms with van der Waals surface area (Å²) in [6.45, 7) is 6.51. The second-order valence-corrected chi connectivity index (χ2v) is 7.07. The fraction of sp³-hybridized carbons (Fsp3) is 1.00. The molecule has 0 saturated carbocycles. The van der Waals surface area contributed by atoms with Crippen LogP contribution in [0.5, 0.6) is 0 Å². The fourth-order valence-electron chi connectivity index (χ4n) is 3.86. The van der Waals surface area contributed by atoms with Gasteiger partial charge in [-0.1, -0.05) is 20.8 Å². The maximum atomic E-state index is 12.5. The third-order valence-electron chi connectivity index (χ3n) is 4.72. The van der Waals surface area contributed by atoms with Gasteiger partial charge in [0.1, 0.15) is 0 Å². The molecule has 2 saturated heterocycles. The average Bonchev–Trinajstić information content (AvgIpc) is 2.56. The molecular formula is C14H24F3N. The fourth-order valence-corrected chi connectivity index (χ4v) is 3.86. The van der Waals surface area contributed by atoms with Crippen LogP contribution >= 0.6 is 0 Å². The summed E-state index contributed by atoms with van der Waals surface area (Å²) in [6, 6.07) is 0.858. The topological polar surface area (TPSA) is 12.0 Å². The van der Waals surface area contributed by atoms with Crippen molar-refractivity contribution < 1.29 is 13.2 Å². The van der Waals surface area contributed by atoms with E-state index in [9.17, 15) is 13.2 Å². The minimum absolute atomic E-state index is 0.110. The van der Waals surface area contributed by atoms with E-state index in [0.29, 0.717) is 18.0 Å². The lowest BCUT2D eigenvalue weighted by atomic mass is 9.66. The molecule has 0 aromatic rings. The van der Waals surface area contributed by atoms with E-state index in [0.717, 1.165) is 19.3 Å². The largest absolute Gasteiger partial charge is 0.389 e. The second kappa shape index (κ2) is 4.69. The predicted molar refractivity (Wildman–Crippen MR) is 66.3 cm³/mol. The van der Waals surface area contributed by atoms with E-state index in [-0.39, 0.29) is 17.8 Å². The van der Waals surface area contributed by atoms with Gasteiger partial charge in [0, 0.05) is 18.5 Å². The minimum Gasteiger partial charge on any atom is -0.311 e. The smallest absolute Gasteiger partial charge is 0.311 e. The molecule has 0 spiro atoms. The van der Waals surface area contributed by atoms with Crippen molar-refractivity contribution in [3.8, 4) is 0 Å². The third-order valence-corrected chi connectivity index (χ3v) is 4.72. The second-order valence-electron chi connectivity index (χ2n) is 7.07. The molecule has 0 amide bonds. The van der Waals surface area contributed by atoms with Crippen molar-refractivity contribution in [1.82, 2.24) is 5.32 Å². The van der Waals surface area contributed by atoms with Gasteiger partial charge in [-0.05, 0) is 42.9 Å². The molecule has 2 rings (SSSR count). The van der Waals surface area contributed by atoms with Gasteiger partial charge in [-0.2, -0.15) is 13.2 Å². The quantitative estimate of drug-likeness (QED) is 0.789. The lowest BCUT2D eigenvalue weighted by molar-refractivity contribution is -0.140. The molecule has 4 unspecified atom stereocenters. The van der Waals surface area contributed by atoms with Gasteiger partial charge >= 0.3 is 6.18 Å². The van der Waals surface area contributed by atoms with Crippen molar-refractivity contribution in [1.29, 1.82) is 0 Å². The van der Waals surface area contributed by atoms with Crippen molar-refractivity contribution in [2.75, 3.05) is 0 Å². The molecule has 0 radical (unpaired) electrons. The van der Waals surface area contributed by atoms with Crippen molar-refractivity contribution in [2.24, 2.45) is 17.3 Å². The highest BCUT2D eigenvalue weighted by molar-refractivity contribution is 5.00. The first kappa shape index (κ1) is 14.2. The lowest BCUT2D eigenvalue weighted by Crippen LogP contribution is -2.49. The number of rotatable bonds is 2. The highest BCUT2D eigenvalue weighted by Gasteiger charge is 2.46. The van der Waals surface area contributed by atoms with Crippen LogP contribution in [0.2, 0.25) is 0 Å². The van der Waals surface area contributed by atoms with E-state index >= 15 is 0 Å². The molecule has 2 fully saturated rings. The molecule has 4 atom stereocenters. The van der Waals surface area contributed by atoms with E-state index in [2.05, 4.69) is 26.1 Å². The Bertz CT molecular complexity index is 292. The summed E-state index contributed by atoms with van der Waals surface area (Å²) < 4.78 is 37.4. The number of hydrogen-bond donors (Lipinski definition) is 1. The summed E-state index contributed by atoms with van der Waals surface area (Å²) in [6.07, 6.45) is -1.12. The maximum absolute atomic E-state index is 12.5. The van der Waals surface area contributed by atoms with E-state index < -0.39 is 12.6 Å². The summed E-state index contributed by atoms with van der Waals surface area (Å²) in [4.78, 5) is 0. The molecule has 1 nitrogen and oxygen atoms in total. The van der Waals surface area contributed by atoms with Crippen molar-refractivity contribution in [3.05, 3.63) is 0 Å². The zero-order chi connectivity index (χ0) is 13.6. The third kappa shape index (κ3) is 3.19. The van der Waals surface area contributed by atoms with Crippen LogP contribution in [0.15, 0.2) is 0 Å². The van der Waals surface area contributed by atoms with Crippen LogP contribution in [0, 0.1) is 17.3 Å². The van der Waals surface area contributed by atoms with Gasteiger partial charge in [0.15, 0.2) is 0 Å². The molecule has 0 aromatic carbocycles. The first-order valence-corrected chi connectivity index (χ1v) is 6.99. The molecule has 18 heavy (non-hydrogen) atoms. The summed E-state index contributed by atoms with van der Waals surface area (Å²) in [5.41, 5.74) is 0.110. The Hall–Kier alpha value is -0.250. The number of hydrogen-bond acceptors (Lipinski definition) is 1. The van der Waals surface area contributed by atoms with Crippen LogP contribution in [0.4, 0.5) is 13.2 Å². The summed E-state index contributed by atoms with van der Waals surface area (Å²) in [5, 5.41) is 3.51. The van der Waals surface area contributed by atoms with E-state index in [1.165, 1.54) is 0 Å². The zero-order valence-corrected chi connectivity index (χ0v) is 11.5. The highest BCUT2D eigenvalue weighted by atomic mass is 19.4. The molecule has 2 bridgehead atoms. The number of alkyl halides is 3. The maximum Gasteiger partial charge on any atom is 0.389 e. The molecule has 1 N–H and O–H groups in total. The molecule has 2 heterocycles. The molecule has 2 aliphatic rings. The Kier molecular flexibility index (Phi) is 3.69. The number of halogens is 3. The Morgan fingerprint density at radius 1 is 1.11 bits per heavy atom. The standard InChI is InChI=1S/C14H24F3N/c1-13(2,3)11-8-9-4-5-12(18-9)10(11)6-7-14(15,16)17/h9-12,18H,4-8H2,1-3H3. The molecule has 2 aliphatic heterocycles. The van der Waals surface area contributed by atoms with Gasteiger partial charge in [0.25, 0.3) is 0 Å². The van der Waals surface area contributed by atoms with E-state index in [1.807, 2.05) is 0 Å². The Balaban J connectivity index is 2.07. The molecule has 0 aromatic heterocycles. The van der Waals surface area contributed by atoms with Gasteiger partial charge in [-0.25, -0.2) is 0 Å². The predicted octanol–water partition coefficient (Wildman–Crippen LogP) is 4.13. The Labute approximate surface area is 108 Å². The average molecular weight is 263 g/mol. The molecule has 106 valence electrons. The van der Waals surface area contributed by atoms with E-state index in [4.69, 9.17) is 0 Å². The van der Waals surface area contributed by atoms with Gasteiger partial charge in [-0.3, -0.25) is 0 Å². The van der Waals surface area contributed by atoms with Crippen LogP contribution in [-0.4, -0.2) is 18.3 Å². The highest BCUT2D eigenvalue weighted by Crippen LogP contribution is 2.47. The minimum atomic E-state index is -4.02. The van der Waals surface area contributed by atoms with E-state index in [1.54, 1.807) is 0 Å². The summed E-state index contributed by atoms with van der Waals surface area (Å²) in [5.74, 6) is 0.601. The lowest BCUT2D eigenvalue weighted by Gasteiger charge is -2.45.